The second-order valence-electron chi connectivity index (χ2n) is 4.77. The molecule has 2 aromatic rings. The van der Waals surface area contributed by atoms with Crippen molar-refractivity contribution < 1.29 is 14.3 Å². The Kier molecular flexibility index (Phi) is 4.48. The summed E-state index contributed by atoms with van der Waals surface area (Å²) in [7, 11) is 0. The molecule has 0 spiro atoms. The Balaban J connectivity index is 2.33. The number of benzene rings is 2. The fourth-order valence-electron chi connectivity index (χ4n) is 1.92. The topological polar surface area (TPSA) is 61.5 Å². The number of carbonyl (C=O) groups excluding carboxylic acids is 1. The number of rotatable bonds is 4. The molecule has 0 saturated heterocycles. The van der Waals surface area contributed by atoms with E-state index < -0.39 is 0 Å². The van der Waals surface area contributed by atoms with Crippen LogP contribution in [0.4, 0.5) is 5.69 Å². The third-order valence-corrected chi connectivity index (χ3v) is 3.30. The molecule has 0 heterocycles. The van der Waals surface area contributed by atoms with Crippen molar-refractivity contribution >= 4 is 11.7 Å². The molecule has 4 heteroatoms. The fraction of sp³-hybridized carbons (Fsp3) is 0.235. The molecule has 2 N–H and O–H groups in total. The van der Waals surface area contributed by atoms with Crippen molar-refractivity contribution in [3.63, 3.8) is 0 Å². The summed E-state index contributed by atoms with van der Waals surface area (Å²) in [5.41, 5.74) is 8.99. The third-order valence-electron chi connectivity index (χ3n) is 3.30. The van der Waals surface area contributed by atoms with E-state index in [4.69, 9.17) is 15.2 Å². The Hall–Kier alpha value is -2.49. The van der Waals surface area contributed by atoms with Gasteiger partial charge in [0.15, 0.2) is 5.75 Å². The van der Waals surface area contributed by atoms with E-state index in [1.165, 1.54) is 0 Å². The van der Waals surface area contributed by atoms with Crippen LogP contribution in [0, 0.1) is 13.8 Å². The molecule has 0 aliphatic carbocycles. The molecule has 0 aliphatic rings. The van der Waals surface area contributed by atoms with E-state index >= 15 is 0 Å². The van der Waals surface area contributed by atoms with Gasteiger partial charge in [0.25, 0.3) is 0 Å². The minimum absolute atomic E-state index is 0.330. The number of ether oxygens (including phenoxy) is 2. The summed E-state index contributed by atoms with van der Waals surface area (Å²) in [5.74, 6) is 0.792. The number of aryl methyl sites for hydroxylation is 1. The first kappa shape index (κ1) is 14.9. The van der Waals surface area contributed by atoms with Crippen molar-refractivity contribution in [2.75, 3.05) is 12.3 Å². The van der Waals surface area contributed by atoms with Gasteiger partial charge >= 0.3 is 5.97 Å². The molecule has 0 aromatic heterocycles. The molecule has 110 valence electrons. The number of esters is 1. The van der Waals surface area contributed by atoms with Gasteiger partial charge in [-0.15, -0.1) is 0 Å². The molecule has 0 radical (unpaired) electrons. The smallest absolute Gasteiger partial charge is 0.338 e. The average Bonchev–Trinajstić information content (AvgIpc) is 2.46. The molecular formula is C17H19NO3. The van der Waals surface area contributed by atoms with E-state index in [0.29, 0.717) is 23.6 Å². The largest absolute Gasteiger partial charge is 0.462 e. The molecule has 2 aromatic carbocycles. The van der Waals surface area contributed by atoms with Gasteiger partial charge in [-0.3, -0.25) is 0 Å². The highest BCUT2D eigenvalue weighted by molar-refractivity contribution is 5.90. The monoisotopic (exact) mass is 285 g/mol. The van der Waals surface area contributed by atoms with Gasteiger partial charge in [0.05, 0.1) is 17.9 Å². The highest BCUT2D eigenvalue weighted by Crippen LogP contribution is 2.31. The second-order valence-corrected chi connectivity index (χ2v) is 4.77. The maximum Gasteiger partial charge on any atom is 0.338 e. The van der Waals surface area contributed by atoms with E-state index in [1.54, 1.807) is 25.1 Å². The lowest BCUT2D eigenvalue weighted by Gasteiger charge is -2.13. The zero-order valence-corrected chi connectivity index (χ0v) is 12.5. The van der Waals surface area contributed by atoms with E-state index in [1.807, 2.05) is 32.0 Å². The maximum absolute atomic E-state index is 11.8. The quantitative estimate of drug-likeness (QED) is 0.684. The first-order chi connectivity index (χ1) is 10.0. The van der Waals surface area contributed by atoms with Crippen molar-refractivity contribution in [3.8, 4) is 11.5 Å². The Morgan fingerprint density at radius 1 is 1.14 bits per heavy atom. The van der Waals surface area contributed by atoms with Crippen LogP contribution in [0.15, 0.2) is 36.4 Å². The van der Waals surface area contributed by atoms with Crippen molar-refractivity contribution in [1.82, 2.24) is 0 Å². The van der Waals surface area contributed by atoms with Gasteiger partial charge < -0.3 is 15.2 Å². The fourth-order valence-corrected chi connectivity index (χ4v) is 1.92. The van der Waals surface area contributed by atoms with Crippen molar-refractivity contribution in [1.29, 1.82) is 0 Å². The van der Waals surface area contributed by atoms with E-state index in [-0.39, 0.29) is 5.97 Å². The molecule has 0 amide bonds. The molecule has 0 unspecified atom stereocenters. The average molecular weight is 285 g/mol. The lowest BCUT2D eigenvalue weighted by molar-refractivity contribution is 0.0526. The van der Waals surface area contributed by atoms with Gasteiger partial charge in [0.1, 0.15) is 5.75 Å². The zero-order valence-electron chi connectivity index (χ0n) is 12.5. The van der Waals surface area contributed by atoms with Gasteiger partial charge in [-0.2, -0.15) is 0 Å². The Bertz CT molecular complexity index is 665. The molecular weight excluding hydrogens is 266 g/mol. The van der Waals surface area contributed by atoms with Crippen molar-refractivity contribution in [2.24, 2.45) is 0 Å². The first-order valence-electron chi connectivity index (χ1n) is 6.83. The van der Waals surface area contributed by atoms with Crippen molar-refractivity contribution in [3.05, 3.63) is 53.1 Å². The summed E-state index contributed by atoms with van der Waals surface area (Å²) in [6.07, 6.45) is 0. The highest BCUT2D eigenvalue weighted by Gasteiger charge is 2.12. The molecule has 0 aliphatic heterocycles. The summed E-state index contributed by atoms with van der Waals surface area (Å²) < 4.78 is 10.8. The SMILES string of the molecule is CCOC(=O)c1ccc(N)c(Oc2cccc(C)c2C)c1. The zero-order chi connectivity index (χ0) is 15.4. The van der Waals surface area contributed by atoms with Gasteiger partial charge in [-0.25, -0.2) is 4.79 Å². The molecule has 0 atom stereocenters. The highest BCUT2D eigenvalue weighted by atomic mass is 16.5. The number of hydrogen-bond acceptors (Lipinski definition) is 4. The minimum atomic E-state index is -0.386. The molecule has 2 rings (SSSR count). The van der Waals surface area contributed by atoms with Crippen LogP contribution in [0.5, 0.6) is 11.5 Å². The van der Waals surface area contributed by atoms with Crippen LogP contribution in [0.2, 0.25) is 0 Å². The standard InChI is InChI=1S/C17H19NO3/c1-4-20-17(19)13-8-9-14(18)16(10-13)21-15-7-5-6-11(2)12(15)3/h5-10H,4,18H2,1-3H3. The summed E-state index contributed by atoms with van der Waals surface area (Å²) in [6.45, 7) is 6.09. The summed E-state index contributed by atoms with van der Waals surface area (Å²) in [5, 5.41) is 0. The number of carbonyl (C=O) groups is 1. The first-order valence-corrected chi connectivity index (χ1v) is 6.83. The predicted molar refractivity (Wildman–Crippen MR) is 82.8 cm³/mol. The van der Waals surface area contributed by atoms with Crippen LogP contribution in [0.3, 0.4) is 0 Å². The number of hydrogen-bond donors (Lipinski definition) is 1. The van der Waals surface area contributed by atoms with Crippen LogP contribution in [-0.2, 0) is 4.74 Å². The van der Waals surface area contributed by atoms with E-state index in [9.17, 15) is 4.79 Å². The predicted octanol–water partition coefficient (Wildman–Crippen LogP) is 3.85. The summed E-state index contributed by atoms with van der Waals surface area (Å²) in [6, 6.07) is 10.7. The van der Waals surface area contributed by atoms with E-state index in [0.717, 1.165) is 16.9 Å². The Morgan fingerprint density at radius 3 is 2.62 bits per heavy atom. The molecule has 0 bridgehead atoms. The summed E-state index contributed by atoms with van der Waals surface area (Å²) >= 11 is 0. The lowest BCUT2D eigenvalue weighted by atomic mass is 10.1. The van der Waals surface area contributed by atoms with Crippen LogP contribution >= 0.6 is 0 Å². The van der Waals surface area contributed by atoms with Gasteiger partial charge in [-0.1, -0.05) is 12.1 Å². The van der Waals surface area contributed by atoms with Gasteiger partial charge in [0.2, 0.25) is 0 Å². The molecule has 21 heavy (non-hydrogen) atoms. The van der Waals surface area contributed by atoms with Gasteiger partial charge in [-0.05, 0) is 56.2 Å². The Labute approximate surface area is 124 Å². The normalized spacial score (nSPS) is 10.2. The van der Waals surface area contributed by atoms with Gasteiger partial charge in [0, 0.05) is 0 Å². The second kappa shape index (κ2) is 6.31. The van der Waals surface area contributed by atoms with Crippen LogP contribution in [-0.4, -0.2) is 12.6 Å². The maximum atomic E-state index is 11.8. The van der Waals surface area contributed by atoms with Crippen LogP contribution < -0.4 is 10.5 Å². The number of anilines is 1. The number of nitrogens with two attached hydrogens (primary N) is 1. The van der Waals surface area contributed by atoms with Crippen LogP contribution in [0.25, 0.3) is 0 Å². The Morgan fingerprint density at radius 2 is 1.90 bits per heavy atom. The molecule has 0 fully saturated rings. The molecule has 0 saturated carbocycles. The van der Waals surface area contributed by atoms with E-state index in [2.05, 4.69) is 0 Å². The molecule has 4 nitrogen and oxygen atoms in total. The summed E-state index contributed by atoms with van der Waals surface area (Å²) in [4.78, 5) is 11.8. The number of nitrogen functional groups attached to an aromatic ring is 1. The van der Waals surface area contributed by atoms with Crippen molar-refractivity contribution in [2.45, 2.75) is 20.8 Å². The van der Waals surface area contributed by atoms with Crippen LogP contribution in [0.1, 0.15) is 28.4 Å². The minimum Gasteiger partial charge on any atom is -0.462 e. The lowest BCUT2D eigenvalue weighted by Crippen LogP contribution is -2.05. The third kappa shape index (κ3) is 3.34.